The number of hydrogen-bond acceptors (Lipinski definition) is 3. The molecule has 3 rings (SSSR count). The molecule has 0 aliphatic carbocycles. The SMILES string of the molecule is Cl.Cl.NC1COc2ccc3ncccc3c2C1. The molecule has 0 saturated heterocycles. The smallest absolute Gasteiger partial charge is 0.123 e. The lowest BCUT2D eigenvalue weighted by molar-refractivity contribution is 0.264. The van der Waals surface area contributed by atoms with E-state index in [1.807, 2.05) is 18.2 Å². The maximum absolute atomic E-state index is 5.90. The van der Waals surface area contributed by atoms with Crippen molar-refractivity contribution in [1.29, 1.82) is 0 Å². The molecule has 0 amide bonds. The fourth-order valence-electron chi connectivity index (χ4n) is 2.06. The van der Waals surface area contributed by atoms with E-state index in [0.29, 0.717) is 6.61 Å². The molecule has 1 unspecified atom stereocenters. The topological polar surface area (TPSA) is 48.1 Å². The van der Waals surface area contributed by atoms with Crippen molar-refractivity contribution >= 4 is 35.7 Å². The molecule has 17 heavy (non-hydrogen) atoms. The van der Waals surface area contributed by atoms with Gasteiger partial charge in [-0.3, -0.25) is 4.98 Å². The maximum atomic E-state index is 5.90. The van der Waals surface area contributed by atoms with Crippen molar-refractivity contribution in [2.75, 3.05) is 6.61 Å². The van der Waals surface area contributed by atoms with Gasteiger partial charge in [0.25, 0.3) is 0 Å². The number of nitrogens with two attached hydrogens (primary N) is 1. The Morgan fingerprint density at radius 2 is 2.06 bits per heavy atom. The van der Waals surface area contributed by atoms with Crippen LogP contribution in [0.4, 0.5) is 0 Å². The van der Waals surface area contributed by atoms with Crippen LogP contribution in [0.25, 0.3) is 10.9 Å². The number of hydrogen-bond donors (Lipinski definition) is 1. The van der Waals surface area contributed by atoms with Crippen LogP contribution in [0.2, 0.25) is 0 Å². The van der Waals surface area contributed by atoms with Gasteiger partial charge in [0.05, 0.1) is 5.52 Å². The third-order valence-corrected chi connectivity index (χ3v) is 2.77. The Labute approximate surface area is 112 Å². The van der Waals surface area contributed by atoms with Crippen molar-refractivity contribution in [3.8, 4) is 5.75 Å². The Bertz CT molecular complexity index is 519. The molecule has 1 aromatic heterocycles. The minimum Gasteiger partial charge on any atom is -0.492 e. The Kier molecular flexibility index (Phi) is 4.57. The molecular formula is C12H14Cl2N2O. The summed E-state index contributed by atoms with van der Waals surface area (Å²) in [7, 11) is 0. The zero-order valence-corrected chi connectivity index (χ0v) is 10.8. The Balaban J connectivity index is 0.000000722. The minimum atomic E-state index is 0. The van der Waals surface area contributed by atoms with E-state index < -0.39 is 0 Å². The molecule has 1 aromatic carbocycles. The van der Waals surface area contributed by atoms with Crippen LogP contribution < -0.4 is 10.5 Å². The number of rotatable bonds is 0. The lowest BCUT2D eigenvalue weighted by Gasteiger charge is -2.23. The second kappa shape index (κ2) is 5.54. The first-order valence-corrected chi connectivity index (χ1v) is 5.09. The highest BCUT2D eigenvalue weighted by Gasteiger charge is 2.18. The van der Waals surface area contributed by atoms with E-state index in [4.69, 9.17) is 10.5 Å². The van der Waals surface area contributed by atoms with Gasteiger partial charge in [0.15, 0.2) is 0 Å². The average Bonchev–Trinajstić information content (AvgIpc) is 2.29. The molecule has 0 spiro atoms. The van der Waals surface area contributed by atoms with Crippen molar-refractivity contribution in [3.05, 3.63) is 36.0 Å². The molecule has 0 radical (unpaired) electrons. The van der Waals surface area contributed by atoms with Gasteiger partial charge in [-0.1, -0.05) is 6.07 Å². The van der Waals surface area contributed by atoms with Crippen molar-refractivity contribution < 1.29 is 4.74 Å². The van der Waals surface area contributed by atoms with E-state index in [1.165, 1.54) is 5.56 Å². The molecule has 92 valence electrons. The number of ether oxygens (including phenoxy) is 1. The van der Waals surface area contributed by atoms with Crippen molar-refractivity contribution in [2.24, 2.45) is 5.73 Å². The fourth-order valence-corrected chi connectivity index (χ4v) is 2.06. The molecule has 0 fully saturated rings. The Hall–Kier alpha value is -1.03. The van der Waals surface area contributed by atoms with Gasteiger partial charge in [-0.2, -0.15) is 0 Å². The second-order valence-corrected chi connectivity index (χ2v) is 3.89. The summed E-state index contributed by atoms with van der Waals surface area (Å²) in [6, 6.07) is 8.09. The highest BCUT2D eigenvalue weighted by Crippen LogP contribution is 2.30. The van der Waals surface area contributed by atoms with Crippen LogP contribution >= 0.6 is 24.8 Å². The molecular weight excluding hydrogens is 259 g/mol. The Morgan fingerprint density at radius 3 is 2.88 bits per heavy atom. The number of pyridine rings is 1. The highest BCUT2D eigenvalue weighted by molar-refractivity contribution is 5.86. The lowest BCUT2D eigenvalue weighted by atomic mass is 9.98. The van der Waals surface area contributed by atoms with E-state index >= 15 is 0 Å². The van der Waals surface area contributed by atoms with Crippen LogP contribution in [-0.4, -0.2) is 17.6 Å². The zero-order valence-electron chi connectivity index (χ0n) is 9.13. The molecule has 2 N–H and O–H groups in total. The van der Waals surface area contributed by atoms with Gasteiger partial charge < -0.3 is 10.5 Å². The summed E-state index contributed by atoms with van der Waals surface area (Å²) in [5.41, 5.74) is 8.10. The summed E-state index contributed by atoms with van der Waals surface area (Å²) >= 11 is 0. The molecule has 1 aliphatic rings. The van der Waals surface area contributed by atoms with Gasteiger partial charge in [0.2, 0.25) is 0 Å². The summed E-state index contributed by atoms with van der Waals surface area (Å²) in [6.07, 6.45) is 2.68. The van der Waals surface area contributed by atoms with E-state index in [9.17, 15) is 0 Å². The van der Waals surface area contributed by atoms with E-state index in [1.54, 1.807) is 6.20 Å². The van der Waals surface area contributed by atoms with E-state index in [2.05, 4.69) is 11.1 Å². The second-order valence-electron chi connectivity index (χ2n) is 3.89. The molecule has 2 heterocycles. The Morgan fingerprint density at radius 1 is 1.24 bits per heavy atom. The summed E-state index contributed by atoms with van der Waals surface area (Å²) in [5.74, 6) is 0.956. The zero-order chi connectivity index (χ0) is 10.3. The van der Waals surface area contributed by atoms with Gasteiger partial charge in [-0.25, -0.2) is 0 Å². The normalized spacial score (nSPS) is 17.4. The van der Waals surface area contributed by atoms with Gasteiger partial charge in [-0.15, -0.1) is 24.8 Å². The van der Waals surface area contributed by atoms with Crippen LogP contribution in [0.15, 0.2) is 30.5 Å². The third-order valence-electron chi connectivity index (χ3n) is 2.77. The first-order valence-electron chi connectivity index (χ1n) is 5.09. The van der Waals surface area contributed by atoms with Crippen LogP contribution in [0.3, 0.4) is 0 Å². The van der Waals surface area contributed by atoms with Gasteiger partial charge in [-0.05, 0) is 24.6 Å². The number of benzene rings is 1. The molecule has 1 atom stereocenters. The molecule has 5 heteroatoms. The first-order chi connectivity index (χ1) is 7.34. The summed E-state index contributed by atoms with van der Waals surface area (Å²) in [4.78, 5) is 4.32. The van der Waals surface area contributed by atoms with Gasteiger partial charge in [0, 0.05) is 23.2 Å². The predicted octanol–water partition coefficient (Wildman–Crippen LogP) is 2.34. The van der Waals surface area contributed by atoms with Crippen LogP contribution in [-0.2, 0) is 6.42 Å². The highest BCUT2D eigenvalue weighted by atomic mass is 35.5. The summed E-state index contributed by atoms with van der Waals surface area (Å²) in [6.45, 7) is 0.610. The first kappa shape index (κ1) is 14.0. The largest absolute Gasteiger partial charge is 0.492 e. The minimum absolute atomic E-state index is 0. The van der Waals surface area contributed by atoms with Crippen molar-refractivity contribution in [3.63, 3.8) is 0 Å². The van der Waals surface area contributed by atoms with Crippen LogP contribution in [0, 0.1) is 0 Å². The molecule has 2 aromatic rings. The number of nitrogens with zero attached hydrogens (tertiary/aromatic N) is 1. The van der Waals surface area contributed by atoms with Crippen LogP contribution in [0.5, 0.6) is 5.75 Å². The number of fused-ring (bicyclic) bond motifs is 3. The standard InChI is InChI=1S/C12H12N2O.2ClH/c13-8-6-10-9-2-1-5-14-11(9)3-4-12(10)15-7-8;;/h1-5,8H,6-7,13H2;2*1H. The fraction of sp³-hybridized carbons (Fsp3) is 0.250. The summed E-state index contributed by atoms with van der Waals surface area (Å²) in [5, 5.41) is 1.16. The van der Waals surface area contributed by atoms with Gasteiger partial charge >= 0.3 is 0 Å². The van der Waals surface area contributed by atoms with Gasteiger partial charge in [0.1, 0.15) is 12.4 Å². The molecule has 0 saturated carbocycles. The summed E-state index contributed by atoms with van der Waals surface area (Å²) < 4.78 is 5.59. The van der Waals surface area contributed by atoms with E-state index in [0.717, 1.165) is 23.1 Å². The number of halogens is 2. The monoisotopic (exact) mass is 272 g/mol. The predicted molar refractivity (Wildman–Crippen MR) is 73.4 cm³/mol. The lowest BCUT2D eigenvalue weighted by Crippen LogP contribution is -2.33. The average molecular weight is 273 g/mol. The van der Waals surface area contributed by atoms with Crippen LogP contribution in [0.1, 0.15) is 5.56 Å². The number of aromatic nitrogens is 1. The molecule has 1 aliphatic heterocycles. The van der Waals surface area contributed by atoms with Crippen molar-refractivity contribution in [2.45, 2.75) is 12.5 Å². The van der Waals surface area contributed by atoms with E-state index in [-0.39, 0.29) is 30.9 Å². The quantitative estimate of drug-likeness (QED) is 0.801. The van der Waals surface area contributed by atoms with Crippen molar-refractivity contribution in [1.82, 2.24) is 4.98 Å². The molecule has 3 nitrogen and oxygen atoms in total. The third kappa shape index (κ3) is 2.46. The molecule has 0 bridgehead atoms. The maximum Gasteiger partial charge on any atom is 0.123 e.